The molecule has 5 heteroatoms. The van der Waals surface area contributed by atoms with Crippen LogP contribution in [0.5, 0.6) is 0 Å². The summed E-state index contributed by atoms with van der Waals surface area (Å²) >= 11 is 0. The van der Waals surface area contributed by atoms with Gasteiger partial charge in [-0.3, -0.25) is 4.31 Å². The molecule has 0 heterocycles. The summed E-state index contributed by atoms with van der Waals surface area (Å²) in [5.41, 5.74) is 3.60. The molecule has 0 unspecified atom stereocenters. The third-order valence-electron chi connectivity index (χ3n) is 4.99. The summed E-state index contributed by atoms with van der Waals surface area (Å²) in [4.78, 5) is 0.262. The van der Waals surface area contributed by atoms with Gasteiger partial charge in [-0.05, 0) is 47.5 Å². The molecule has 4 aromatic carbocycles. The number of para-hydroxylation sites is 1. The Bertz CT molecular complexity index is 1190. The Morgan fingerprint density at radius 2 is 1.13 bits per heavy atom. The molecule has 0 aliphatic carbocycles. The summed E-state index contributed by atoms with van der Waals surface area (Å²) in [7, 11) is -3.73. The van der Waals surface area contributed by atoms with Gasteiger partial charge in [-0.1, -0.05) is 78.9 Å². The lowest BCUT2D eigenvalue weighted by molar-refractivity contribution is 0.590. The number of sulfonamides is 1. The zero-order valence-corrected chi connectivity index (χ0v) is 17.9. The van der Waals surface area contributed by atoms with Crippen molar-refractivity contribution in [3.05, 3.63) is 126 Å². The van der Waals surface area contributed by atoms with Crippen LogP contribution in [0.4, 0.5) is 11.4 Å². The van der Waals surface area contributed by atoms with Gasteiger partial charge in [-0.15, -0.1) is 0 Å². The van der Waals surface area contributed by atoms with Crippen molar-refractivity contribution in [2.24, 2.45) is 0 Å². The fraction of sp³-hybridized carbons (Fsp3) is 0.0769. The van der Waals surface area contributed by atoms with Gasteiger partial charge in [0.25, 0.3) is 10.0 Å². The second-order valence-electron chi connectivity index (χ2n) is 7.20. The van der Waals surface area contributed by atoms with Crippen LogP contribution in [0.1, 0.15) is 11.1 Å². The topological polar surface area (TPSA) is 49.4 Å². The van der Waals surface area contributed by atoms with Crippen molar-refractivity contribution in [2.75, 3.05) is 9.62 Å². The smallest absolute Gasteiger partial charge is 0.264 e. The van der Waals surface area contributed by atoms with E-state index < -0.39 is 10.0 Å². The zero-order chi connectivity index (χ0) is 21.5. The number of nitrogens with zero attached hydrogens (tertiary/aromatic N) is 1. The third kappa shape index (κ3) is 5.13. The number of nitrogens with one attached hydrogen (secondary N) is 1. The number of anilines is 2. The molecule has 4 aromatic rings. The van der Waals surface area contributed by atoms with Crippen LogP contribution in [0.2, 0.25) is 0 Å². The van der Waals surface area contributed by atoms with Crippen molar-refractivity contribution in [1.29, 1.82) is 0 Å². The monoisotopic (exact) mass is 428 g/mol. The van der Waals surface area contributed by atoms with Crippen molar-refractivity contribution in [1.82, 2.24) is 0 Å². The molecular formula is C26H24N2O2S. The highest BCUT2D eigenvalue weighted by molar-refractivity contribution is 7.92. The normalized spacial score (nSPS) is 11.1. The molecule has 4 rings (SSSR count). The van der Waals surface area contributed by atoms with E-state index in [2.05, 4.69) is 5.32 Å². The molecule has 4 nitrogen and oxygen atoms in total. The first kappa shape index (κ1) is 20.7. The number of hydrogen-bond donors (Lipinski definition) is 1. The molecule has 0 bridgehead atoms. The molecule has 0 saturated heterocycles. The molecule has 0 aliphatic rings. The maximum Gasteiger partial charge on any atom is 0.264 e. The molecule has 0 aliphatic heterocycles. The zero-order valence-electron chi connectivity index (χ0n) is 17.1. The Hall–Kier alpha value is -3.57. The fourth-order valence-corrected chi connectivity index (χ4v) is 4.78. The minimum absolute atomic E-state index is 0.262. The predicted octanol–water partition coefficient (Wildman–Crippen LogP) is 5.69. The van der Waals surface area contributed by atoms with Crippen molar-refractivity contribution in [3.63, 3.8) is 0 Å². The number of rotatable bonds is 8. The highest BCUT2D eigenvalue weighted by atomic mass is 32.2. The molecule has 0 spiro atoms. The van der Waals surface area contributed by atoms with E-state index in [-0.39, 0.29) is 11.4 Å². The third-order valence-corrected chi connectivity index (χ3v) is 6.78. The van der Waals surface area contributed by atoms with Gasteiger partial charge in [0.2, 0.25) is 0 Å². The molecule has 31 heavy (non-hydrogen) atoms. The van der Waals surface area contributed by atoms with Crippen LogP contribution in [0.3, 0.4) is 0 Å². The Kier molecular flexibility index (Phi) is 6.34. The lowest BCUT2D eigenvalue weighted by atomic mass is 10.2. The Morgan fingerprint density at radius 1 is 0.613 bits per heavy atom. The van der Waals surface area contributed by atoms with Crippen LogP contribution in [0, 0.1) is 0 Å². The van der Waals surface area contributed by atoms with Crippen molar-refractivity contribution in [2.45, 2.75) is 18.0 Å². The predicted molar refractivity (Wildman–Crippen MR) is 126 cm³/mol. The molecule has 0 amide bonds. The summed E-state index contributed by atoms with van der Waals surface area (Å²) in [6.07, 6.45) is 0. The van der Waals surface area contributed by atoms with Gasteiger partial charge >= 0.3 is 0 Å². The van der Waals surface area contributed by atoms with E-state index in [1.807, 2.05) is 103 Å². The van der Waals surface area contributed by atoms with E-state index in [0.717, 1.165) is 16.8 Å². The van der Waals surface area contributed by atoms with Crippen LogP contribution in [0.25, 0.3) is 0 Å². The summed E-state index contributed by atoms with van der Waals surface area (Å²) < 4.78 is 28.5. The molecule has 0 saturated carbocycles. The maximum absolute atomic E-state index is 13.5. The number of hydrogen-bond acceptors (Lipinski definition) is 3. The molecule has 156 valence electrons. The van der Waals surface area contributed by atoms with Gasteiger partial charge in [0.1, 0.15) is 0 Å². The second kappa shape index (κ2) is 9.49. The molecule has 0 radical (unpaired) electrons. The van der Waals surface area contributed by atoms with Crippen molar-refractivity contribution < 1.29 is 8.42 Å². The van der Waals surface area contributed by atoms with Gasteiger partial charge in [0, 0.05) is 12.2 Å². The van der Waals surface area contributed by atoms with E-state index in [1.165, 1.54) is 4.31 Å². The highest BCUT2D eigenvalue weighted by Crippen LogP contribution is 2.26. The first-order chi connectivity index (χ1) is 15.1. The van der Waals surface area contributed by atoms with Crippen LogP contribution in [-0.4, -0.2) is 8.42 Å². The van der Waals surface area contributed by atoms with E-state index >= 15 is 0 Å². The van der Waals surface area contributed by atoms with Crippen molar-refractivity contribution >= 4 is 21.4 Å². The molecule has 0 atom stereocenters. The van der Waals surface area contributed by atoms with Crippen LogP contribution in [-0.2, 0) is 23.1 Å². The minimum atomic E-state index is -3.73. The van der Waals surface area contributed by atoms with Gasteiger partial charge < -0.3 is 5.32 Å². The summed E-state index contributed by atoms with van der Waals surface area (Å²) in [6, 6.07) is 35.8. The SMILES string of the molecule is O=S(=O)(c1ccc(NCc2ccccc2)cc1)N(Cc1ccccc1)c1ccccc1. The van der Waals surface area contributed by atoms with E-state index in [1.54, 1.807) is 12.1 Å². The highest BCUT2D eigenvalue weighted by Gasteiger charge is 2.25. The molecule has 0 fully saturated rings. The van der Waals surface area contributed by atoms with Gasteiger partial charge in [-0.25, -0.2) is 8.42 Å². The maximum atomic E-state index is 13.5. The standard InChI is InChI=1S/C26H24N2O2S/c29-31(30,26-18-16-24(17-19-26)27-20-22-10-4-1-5-11-22)28(25-14-8-3-9-15-25)21-23-12-6-2-7-13-23/h1-19,27H,20-21H2. The summed E-state index contributed by atoms with van der Waals surface area (Å²) in [5.74, 6) is 0. The Labute approximate surface area is 183 Å². The average Bonchev–Trinajstić information content (AvgIpc) is 2.83. The summed E-state index contributed by atoms with van der Waals surface area (Å²) in [5, 5.41) is 3.33. The molecular weight excluding hydrogens is 404 g/mol. The molecule has 1 N–H and O–H groups in total. The lowest BCUT2D eigenvalue weighted by Gasteiger charge is -2.25. The van der Waals surface area contributed by atoms with Gasteiger partial charge in [-0.2, -0.15) is 0 Å². The van der Waals surface area contributed by atoms with E-state index in [9.17, 15) is 8.42 Å². The second-order valence-corrected chi connectivity index (χ2v) is 9.06. The summed E-state index contributed by atoms with van der Waals surface area (Å²) in [6.45, 7) is 0.943. The average molecular weight is 429 g/mol. The number of benzene rings is 4. The Balaban J connectivity index is 1.57. The first-order valence-corrected chi connectivity index (χ1v) is 11.6. The van der Waals surface area contributed by atoms with Crippen LogP contribution in [0.15, 0.2) is 120 Å². The van der Waals surface area contributed by atoms with E-state index in [4.69, 9.17) is 0 Å². The first-order valence-electron chi connectivity index (χ1n) is 10.1. The van der Waals surface area contributed by atoms with E-state index in [0.29, 0.717) is 12.2 Å². The van der Waals surface area contributed by atoms with Gasteiger partial charge in [0.15, 0.2) is 0 Å². The fourth-order valence-electron chi connectivity index (χ4n) is 3.33. The van der Waals surface area contributed by atoms with Crippen molar-refractivity contribution in [3.8, 4) is 0 Å². The van der Waals surface area contributed by atoms with Crippen LogP contribution < -0.4 is 9.62 Å². The minimum Gasteiger partial charge on any atom is -0.381 e. The lowest BCUT2D eigenvalue weighted by Crippen LogP contribution is -2.30. The van der Waals surface area contributed by atoms with Crippen LogP contribution >= 0.6 is 0 Å². The van der Waals surface area contributed by atoms with Gasteiger partial charge in [0.05, 0.1) is 17.1 Å². The Morgan fingerprint density at radius 3 is 1.71 bits per heavy atom. The molecule has 0 aromatic heterocycles. The quantitative estimate of drug-likeness (QED) is 0.392. The largest absolute Gasteiger partial charge is 0.381 e.